The topological polar surface area (TPSA) is 117 Å². The first-order valence-corrected chi connectivity index (χ1v) is 9.42. The van der Waals surface area contributed by atoms with Gasteiger partial charge in [-0.3, -0.25) is 5.43 Å². The number of aryl methyl sites for hydroxylation is 1. The van der Waals surface area contributed by atoms with Crippen LogP contribution < -0.4 is 10.1 Å². The Morgan fingerprint density at radius 3 is 2.44 bits per heavy atom. The number of benzene rings is 2. The fraction of sp³-hybridized carbons (Fsp3) is 0.0556. The first kappa shape index (κ1) is 18.3. The zero-order valence-corrected chi connectivity index (χ0v) is 15.2. The maximum absolute atomic E-state index is 12.4. The molecule has 2 aromatic carbocycles. The summed E-state index contributed by atoms with van der Waals surface area (Å²) in [4.78, 5) is 8.34. The first-order chi connectivity index (χ1) is 12.9. The molecule has 0 bridgehead atoms. The van der Waals surface area contributed by atoms with Crippen LogP contribution in [0.4, 0.5) is 11.8 Å². The molecule has 138 valence electrons. The van der Waals surface area contributed by atoms with Gasteiger partial charge in [0, 0.05) is 11.8 Å². The number of rotatable bonds is 6. The highest BCUT2D eigenvalue weighted by atomic mass is 32.2. The van der Waals surface area contributed by atoms with Gasteiger partial charge in [-0.15, -0.1) is 0 Å². The molecule has 0 aliphatic carbocycles. The van der Waals surface area contributed by atoms with E-state index in [9.17, 15) is 13.5 Å². The molecule has 0 radical (unpaired) electrons. The van der Waals surface area contributed by atoms with Gasteiger partial charge in [-0.1, -0.05) is 18.2 Å². The van der Waals surface area contributed by atoms with E-state index in [0.29, 0.717) is 11.5 Å². The summed E-state index contributed by atoms with van der Waals surface area (Å²) in [6, 6.07) is 16.1. The molecular formula is C18H17N5O3S. The van der Waals surface area contributed by atoms with Crippen molar-refractivity contribution >= 4 is 28.0 Å². The molecule has 0 spiro atoms. The first-order valence-electron chi connectivity index (χ1n) is 7.94. The predicted molar refractivity (Wildman–Crippen MR) is 103 cm³/mol. The Hall–Kier alpha value is -3.46. The molecule has 3 aromatic rings. The van der Waals surface area contributed by atoms with Crippen LogP contribution in [0.25, 0.3) is 0 Å². The van der Waals surface area contributed by atoms with Crippen LogP contribution in [0.1, 0.15) is 11.3 Å². The van der Waals surface area contributed by atoms with Crippen molar-refractivity contribution in [2.75, 3.05) is 10.1 Å². The van der Waals surface area contributed by atoms with Gasteiger partial charge < -0.3 is 5.11 Å². The Balaban J connectivity index is 1.75. The number of sulfonamides is 1. The van der Waals surface area contributed by atoms with Crippen molar-refractivity contribution < 1.29 is 13.5 Å². The normalized spacial score (nSPS) is 11.4. The van der Waals surface area contributed by atoms with Crippen molar-refractivity contribution in [1.29, 1.82) is 0 Å². The number of nitrogens with one attached hydrogen (secondary N) is 2. The number of nitrogens with zero attached hydrogens (tertiary/aromatic N) is 3. The monoisotopic (exact) mass is 383 g/mol. The van der Waals surface area contributed by atoms with E-state index in [2.05, 4.69) is 25.2 Å². The number of phenolic OH excluding ortho intramolecular Hbond substituents is 1. The van der Waals surface area contributed by atoms with Gasteiger partial charge in [-0.05, 0) is 48.9 Å². The number of aromatic hydroxyl groups is 1. The molecule has 9 heteroatoms. The summed E-state index contributed by atoms with van der Waals surface area (Å²) in [7, 11) is -3.78. The van der Waals surface area contributed by atoms with Gasteiger partial charge in [0.15, 0.2) is 5.82 Å². The Bertz CT molecular complexity index is 1050. The van der Waals surface area contributed by atoms with Crippen LogP contribution in [-0.4, -0.2) is 29.7 Å². The largest absolute Gasteiger partial charge is 0.508 e. The Morgan fingerprint density at radius 2 is 1.74 bits per heavy atom. The van der Waals surface area contributed by atoms with Crippen molar-refractivity contribution in [3.63, 3.8) is 0 Å². The van der Waals surface area contributed by atoms with Crippen LogP contribution in [0.15, 0.2) is 70.7 Å². The molecule has 1 aromatic heterocycles. The van der Waals surface area contributed by atoms with E-state index in [1.807, 2.05) is 0 Å². The SMILES string of the molecule is Cc1cc(N/N=C/c2ccc(O)cc2)nc(NS(=O)(=O)c2ccccc2)n1. The summed E-state index contributed by atoms with van der Waals surface area (Å²) in [6.07, 6.45) is 1.55. The van der Waals surface area contributed by atoms with E-state index in [1.54, 1.807) is 61.7 Å². The van der Waals surface area contributed by atoms with Gasteiger partial charge in [0.2, 0.25) is 5.95 Å². The van der Waals surface area contributed by atoms with E-state index >= 15 is 0 Å². The van der Waals surface area contributed by atoms with Gasteiger partial charge in [0.1, 0.15) is 5.75 Å². The van der Waals surface area contributed by atoms with Crippen LogP contribution in [-0.2, 0) is 10.0 Å². The lowest BCUT2D eigenvalue weighted by atomic mass is 10.2. The van der Waals surface area contributed by atoms with Crippen LogP contribution in [0.5, 0.6) is 5.75 Å². The molecule has 27 heavy (non-hydrogen) atoms. The molecule has 0 aliphatic heterocycles. The third-order valence-electron chi connectivity index (χ3n) is 3.42. The lowest BCUT2D eigenvalue weighted by Gasteiger charge is -2.08. The second-order valence-corrected chi connectivity index (χ2v) is 7.28. The number of hydrogen-bond acceptors (Lipinski definition) is 7. The number of hydrogen-bond donors (Lipinski definition) is 3. The molecule has 0 fully saturated rings. The van der Waals surface area contributed by atoms with Crippen LogP contribution in [0, 0.1) is 6.92 Å². The predicted octanol–water partition coefficient (Wildman–Crippen LogP) is 2.74. The zero-order chi connectivity index (χ0) is 19.3. The van der Waals surface area contributed by atoms with Crippen LogP contribution in [0.2, 0.25) is 0 Å². The van der Waals surface area contributed by atoms with Gasteiger partial charge in [-0.25, -0.2) is 18.1 Å². The number of anilines is 2. The van der Waals surface area contributed by atoms with Crippen LogP contribution >= 0.6 is 0 Å². The van der Waals surface area contributed by atoms with Crippen molar-refractivity contribution in [1.82, 2.24) is 9.97 Å². The Kier molecular flexibility index (Phi) is 5.32. The minimum absolute atomic E-state index is 0.0545. The van der Waals surface area contributed by atoms with Gasteiger partial charge >= 0.3 is 0 Å². The third-order valence-corrected chi connectivity index (χ3v) is 4.76. The van der Waals surface area contributed by atoms with Crippen molar-refractivity contribution in [3.05, 3.63) is 71.9 Å². The smallest absolute Gasteiger partial charge is 0.264 e. The van der Waals surface area contributed by atoms with Crippen molar-refractivity contribution in [2.45, 2.75) is 11.8 Å². The molecule has 0 saturated heterocycles. The molecule has 3 rings (SSSR count). The Morgan fingerprint density at radius 1 is 1.04 bits per heavy atom. The summed E-state index contributed by atoms with van der Waals surface area (Å²) >= 11 is 0. The van der Waals surface area contributed by atoms with E-state index in [4.69, 9.17) is 0 Å². The maximum atomic E-state index is 12.4. The summed E-state index contributed by atoms with van der Waals surface area (Å²) in [6.45, 7) is 1.72. The van der Waals surface area contributed by atoms with E-state index in [-0.39, 0.29) is 16.6 Å². The third kappa shape index (κ3) is 5.02. The molecule has 0 unspecified atom stereocenters. The lowest BCUT2D eigenvalue weighted by molar-refractivity contribution is 0.475. The highest BCUT2D eigenvalue weighted by molar-refractivity contribution is 7.92. The summed E-state index contributed by atoms with van der Waals surface area (Å²) in [5.74, 6) is 0.450. The Labute approximate surface area is 156 Å². The summed E-state index contributed by atoms with van der Waals surface area (Å²) < 4.78 is 27.1. The molecule has 0 saturated carbocycles. The number of aromatic nitrogens is 2. The van der Waals surface area contributed by atoms with E-state index < -0.39 is 10.0 Å². The molecule has 8 nitrogen and oxygen atoms in total. The number of phenols is 1. The average Bonchev–Trinajstić information content (AvgIpc) is 2.63. The summed E-state index contributed by atoms with van der Waals surface area (Å²) in [5.41, 5.74) is 4.08. The number of hydrazone groups is 1. The molecular weight excluding hydrogens is 366 g/mol. The molecule has 0 amide bonds. The highest BCUT2D eigenvalue weighted by Gasteiger charge is 2.15. The zero-order valence-electron chi connectivity index (χ0n) is 14.4. The van der Waals surface area contributed by atoms with Crippen molar-refractivity contribution in [2.24, 2.45) is 5.10 Å². The fourth-order valence-electron chi connectivity index (χ4n) is 2.18. The summed E-state index contributed by atoms with van der Waals surface area (Å²) in [5, 5.41) is 13.3. The second kappa shape index (κ2) is 7.83. The van der Waals surface area contributed by atoms with Crippen molar-refractivity contribution in [3.8, 4) is 5.75 Å². The minimum atomic E-state index is -3.78. The fourth-order valence-corrected chi connectivity index (χ4v) is 3.15. The molecule has 1 heterocycles. The molecule has 0 atom stereocenters. The quantitative estimate of drug-likeness (QED) is 0.445. The van der Waals surface area contributed by atoms with Gasteiger partial charge in [0.05, 0.1) is 11.1 Å². The average molecular weight is 383 g/mol. The van der Waals surface area contributed by atoms with Crippen LogP contribution in [0.3, 0.4) is 0 Å². The van der Waals surface area contributed by atoms with E-state index in [1.165, 1.54) is 12.1 Å². The standard InChI is InChI=1S/C18H17N5O3S/c1-13-11-17(22-19-12-14-7-9-15(24)10-8-14)21-18(20-13)23-27(25,26)16-5-3-2-4-6-16/h2-12,24H,1H3,(H2,20,21,22,23)/b19-12+. The lowest BCUT2D eigenvalue weighted by Crippen LogP contribution is -2.15. The molecule has 0 aliphatic rings. The second-order valence-electron chi connectivity index (χ2n) is 5.60. The highest BCUT2D eigenvalue weighted by Crippen LogP contribution is 2.15. The minimum Gasteiger partial charge on any atom is -0.508 e. The van der Waals surface area contributed by atoms with E-state index in [0.717, 1.165) is 5.56 Å². The maximum Gasteiger partial charge on any atom is 0.264 e. The van der Waals surface area contributed by atoms with Gasteiger partial charge in [-0.2, -0.15) is 10.1 Å². The van der Waals surface area contributed by atoms with Gasteiger partial charge in [0.25, 0.3) is 10.0 Å². The molecule has 3 N–H and O–H groups in total.